The minimum absolute atomic E-state index is 0.118. The summed E-state index contributed by atoms with van der Waals surface area (Å²) in [4.78, 5) is 24.1. The summed E-state index contributed by atoms with van der Waals surface area (Å²) in [6.45, 7) is 5.89. The van der Waals surface area contributed by atoms with Gasteiger partial charge in [-0.2, -0.15) is 0 Å². The van der Waals surface area contributed by atoms with Crippen LogP contribution in [-0.4, -0.2) is 51.9 Å². The molecule has 1 saturated carbocycles. The molecule has 2 saturated heterocycles. The first-order valence-electron chi connectivity index (χ1n) is 10.8. The number of hydrogen-bond donors (Lipinski definition) is 2. The van der Waals surface area contributed by atoms with Crippen LogP contribution in [0.5, 0.6) is 5.88 Å². The molecule has 6 rings (SSSR count). The number of anilines is 1. The number of pyridine rings is 2. The smallest absolute Gasteiger partial charge is 0.270 e. The van der Waals surface area contributed by atoms with Crippen LogP contribution in [0.4, 0.5) is 10.2 Å². The highest BCUT2D eigenvalue weighted by molar-refractivity contribution is 6.05. The highest BCUT2D eigenvalue weighted by atomic mass is 19.1. The van der Waals surface area contributed by atoms with E-state index in [4.69, 9.17) is 9.72 Å². The molecule has 5 heterocycles. The third kappa shape index (κ3) is 2.49. The van der Waals surface area contributed by atoms with Crippen LogP contribution >= 0.6 is 0 Å². The van der Waals surface area contributed by atoms with Crippen LogP contribution in [-0.2, 0) is 0 Å². The predicted octanol–water partition coefficient (Wildman–Crippen LogP) is 2.61. The zero-order valence-corrected chi connectivity index (χ0v) is 17.4. The summed E-state index contributed by atoms with van der Waals surface area (Å²) >= 11 is 0. The molecule has 4 aliphatic rings. The van der Waals surface area contributed by atoms with E-state index in [0.717, 1.165) is 36.6 Å². The molecule has 2 bridgehead atoms. The maximum Gasteiger partial charge on any atom is 0.270 e. The lowest BCUT2D eigenvalue weighted by molar-refractivity contribution is 0.0929. The third-order valence-electron chi connectivity index (χ3n) is 7.32. The van der Waals surface area contributed by atoms with Gasteiger partial charge < -0.3 is 20.3 Å². The van der Waals surface area contributed by atoms with Gasteiger partial charge in [-0.1, -0.05) is 0 Å². The number of aryl methyl sites for hydroxylation is 1. The molecule has 3 aliphatic heterocycles. The zero-order chi connectivity index (χ0) is 20.8. The lowest BCUT2D eigenvalue weighted by Crippen LogP contribution is -2.66. The molecular formula is C22H26FN5O2. The molecule has 0 radical (unpaired) electrons. The number of carbonyl (C=O) groups is 1. The molecule has 2 aromatic rings. The molecule has 5 atom stereocenters. The molecule has 1 amide bonds. The van der Waals surface area contributed by atoms with Crippen molar-refractivity contribution >= 4 is 22.5 Å². The molecular weight excluding hydrogens is 385 g/mol. The van der Waals surface area contributed by atoms with Crippen molar-refractivity contribution < 1.29 is 13.9 Å². The highest BCUT2D eigenvalue weighted by Gasteiger charge is 2.52. The normalized spacial score (nSPS) is 32.9. The predicted molar refractivity (Wildman–Crippen MR) is 111 cm³/mol. The molecule has 0 aromatic carbocycles. The van der Waals surface area contributed by atoms with Crippen LogP contribution in [0.2, 0.25) is 0 Å². The number of carbonyl (C=O) groups excluding carboxylic acids is 1. The average Bonchev–Trinajstić information content (AvgIpc) is 3.31. The van der Waals surface area contributed by atoms with E-state index in [9.17, 15) is 4.79 Å². The molecule has 2 aromatic heterocycles. The maximum absolute atomic E-state index is 15.7. The van der Waals surface area contributed by atoms with Crippen LogP contribution in [0.25, 0.3) is 10.8 Å². The average molecular weight is 411 g/mol. The monoisotopic (exact) mass is 411 g/mol. The second-order valence-electron chi connectivity index (χ2n) is 9.51. The fourth-order valence-electron chi connectivity index (χ4n) is 5.38. The number of fused-ring (bicyclic) bond motifs is 5. The van der Waals surface area contributed by atoms with Gasteiger partial charge in [0.15, 0.2) is 6.30 Å². The molecule has 158 valence electrons. The number of nitrogens with one attached hydrogen (secondary N) is 2. The van der Waals surface area contributed by atoms with Crippen LogP contribution < -0.4 is 20.3 Å². The second kappa shape index (κ2) is 6.03. The van der Waals surface area contributed by atoms with E-state index >= 15 is 4.39 Å². The molecule has 30 heavy (non-hydrogen) atoms. The second-order valence-corrected chi connectivity index (χ2v) is 9.51. The van der Waals surface area contributed by atoms with E-state index in [0.29, 0.717) is 22.8 Å². The SMILES string of the molecule is Cc1c(C(=O)NC2(C)CC2)nc2c3c(nccc13)OC(C)C1C3CCC(N3)C(F)N21. The van der Waals surface area contributed by atoms with Crippen LogP contribution in [0.15, 0.2) is 12.3 Å². The number of ether oxygens (including phenoxy) is 1. The topological polar surface area (TPSA) is 79.4 Å². The molecule has 5 unspecified atom stereocenters. The molecule has 2 N–H and O–H groups in total. The van der Waals surface area contributed by atoms with Gasteiger partial charge in [-0.25, -0.2) is 14.4 Å². The third-order valence-corrected chi connectivity index (χ3v) is 7.32. The van der Waals surface area contributed by atoms with Crippen molar-refractivity contribution in [1.82, 2.24) is 20.6 Å². The number of piperazine rings is 1. The summed E-state index contributed by atoms with van der Waals surface area (Å²) in [5.74, 6) is 0.738. The van der Waals surface area contributed by atoms with Gasteiger partial charge in [-0.3, -0.25) is 4.79 Å². The summed E-state index contributed by atoms with van der Waals surface area (Å²) < 4.78 is 22.0. The van der Waals surface area contributed by atoms with Crippen molar-refractivity contribution in [1.29, 1.82) is 0 Å². The standard InChI is InChI=1S/C22H26FN5O2/c1-10-12-6-9-24-21-15(12)19(26-16(10)20(29)27-22(3)7-8-22)28-17(11(2)30-21)13-4-5-14(25-13)18(28)23/h6,9,11,13-14,17-18,25H,4-5,7-8H2,1-3H3,(H,27,29). The number of nitrogens with zero attached hydrogens (tertiary/aromatic N) is 3. The molecule has 8 heteroatoms. The van der Waals surface area contributed by atoms with Crippen molar-refractivity contribution in [3.8, 4) is 5.88 Å². The van der Waals surface area contributed by atoms with Gasteiger partial charge in [0.05, 0.1) is 17.5 Å². The molecule has 7 nitrogen and oxygen atoms in total. The summed E-state index contributed by atoms with van der Waals surface area (Å²) in [5.41, 5.74) is 0.964. The molecule has 1 aliphatic carbocycles. The largest absolute Gasteiger partial charge is 0.472 e. The Kier molecular flexibility index (Phi) is 3.68. The van der Waals surface area contributed by atoms with Gasteiger partial charge in [0.25, 0.3) is 5.91 Å². The lowest BCUT2D eigenvalue weighted by Gasteiger charge is -2.45. The first-order valence-corrected chi connectivity index (χ1v) is 10.8. The van der Waals surface area contributed by atoms with Crippen molar-refractivity contribution in [2.75, 3.05) is 4.90 Å². The number of alkyl halides is 1. The Morgan fingerprint density at radius 3 is 2.90 bits per heavy atom. The van der Waals surface area contributed by atoms with E-state index in [1.807, 2.05) is 26.8 Å². The first kappa shape index (κ1) is 18.3. The maximum atomic E-state index is 15.7. The summed E-state index contributed by atoms with van der Waals surface area (Å²) in [5, 5.41) is 8.05. The number of rotatable bonds is 2. The Morgan fingerprint density at radius 1 is 1.37 bits per heavy atom. The van der Waals surface area contributed by atoms with Gasteiger partial charge >= 0.3 is 0 Å². The van der Waals surface area contributed by atoms with Gasteiger partial charge in [0.2, 0.25) is 5.88 Å². The first-order chi connectivity index (χ1) is 14.4. The van der Waals surface area contributed by atoms with Crippen molar-refractivity contribution in [3.05, 3.63) is 23.5 Å². The number of aromatic nitrogens is 2. The van der Waals surface area contributed by atoms with Crippen LogP contribution in [0, 0.1) is 6.92 Å². The minimum atomic E-state index is -1.23. The summed E-state index contributed by atoms with van der Waals surface area (Å²) in [7, 11) is 0. The summed E-state index contributed by atoms with van der Waals surface area (Å²) in [6, 6.07) is 1.53. The number of amides is 1. The van der Waals surface area contributed by atoms with E-state index in [1.165, 1.54) is 0 Å². The fraction of sp³-hybridized carbons (Fsp3) is 0.591. The minimum Gasteiger partial charge on any atom is -0.472 e. The summed E-state index contributed by atoms with van der Waals surface area (Å²) in [6.07, 6.45) is 3.79. The number of halogens is 1. The van der Waals surface area contributed by atoms with Gasteiger partial charge in [-0.05, 0) is 63.5 Å². The van der Waals surface area contributed by atoms with Crippen molar-refractivity contribution in [2.45, 2.75) is 82.5 Å². The van der Waals surface area contributed by atoms with E-state index in [-0.39, 0.29) is 35.7 Å². The number of hydrogen-bond acceptors (Lipinski definition) is 6. The Hall–Kier alpha value is -2.48. The Labute approximate surface area is 174 Å². The van der Waals surface area contributed by atoms with E-state index in [2.05, 4.69) is 15.6 Å². The Balaban J connectivity index is 1.58. The zero-order valence-electron chi connectivity index (χ0n) is 17.4. The van der Waals surface area contributed by atoms with Crippen LogP contribution in [0.3, 0.4) is 0 Å². The van der Waals surface area contributed by atoms with Crippen molar-refractivity contribution in [2.24, 2.45) is 0 Å². The quantitative estimate of drug-likeness (QED) is 0.740. The molecule has 3 fully saturated rings. The van der Waals surface area contributed by atoms with E-state index in [1.54, 1.807) is 11.1 Å². The Bertz CT molecular complexity index is 1070. The van der Waals surface area contributed by atoms with Crippen molar-refractivity contribution in [3.63, 3.8) is 0 Å². The van der Waals surface area contributed by atoms with Gasteiger partial charge in [0.1, 0.15) is 17.6 Å². The Morgan fingerprint density at radius 2 is 2.13 bits per heavy atom. The molecule has 0 spiro atoms. The fourth-order valence-corrected chi connectivity index (χ4v) is 5.38. The van der Waals surface area contributed by atoms with E-state index < -0.39 is 6.30 Å². The van der Waals surface area contributed by atoms with Gasteiger partial charge in [0, 0.05) is 17.8 Å². The highest BCUT2D eigenvalue weighted by Crippen LogP contribution is 2.45. The van der Waals surface area contributed by atoms with Crippen LogP contribution in [0.1, 0.15) is 55.6 Å². The lowest BCUT2D eigenvalue weighted by atomic mass is 9.98. The van der Waals surface area contributed by atoms with Gasteiger partial charge in [-0.15, -0.1) is 0 Å².